The Morgan fingerprint density at radius 2 is 1.70 bits per heavy atom. The second-order valence-electron chi connectivity index (χ2n) is 6.41. The lowest BCUT2D eigenvalue weighted by Gasteiger charge is -2.17. The summed E-state index contributed by atoms with van der Waals surface area (Å²) >= 11 is 0. The molecule has 30 heavy (non-hydrogen) atoms. The Labute approximate surface area is 174 Å². The van der Waals surface area contributed by atoms with E-state index in [9.17, 15) is 18.0 Å². The SMILES string of the molecule is COC(=O)c1ccc(OC(=O)CN(C)S(=O)(=O)c2ccc3c(c2)OCCCO3)cc1. The lowest BCUT2D eigenvalue weighted by molar-refractivity contribution is -0.134. The maximum Gasteiger partial charge on any atom is 0.337 e. The van der Waals surface area contributed by atoms with Crippen LogP contribution in [0.3, 0.4) is 0 Å². The van der Waals surface area contributed by atoms with E-state index in [1.54, 1.807) is 0 Å². The van der Waals surface area contributed by atoms with E-state index < -0.39 is 28.5 Å². The van der Waals surface area contributed by atoms with Gasteiger partial charge in [0.05, 0.1) is 30.8 Å². The quantitative estimate of drug-likeness (QED) is 0.500. The fourth-order valence-electron chi connectivity index (χ4n) is 2.69. The van der Waals surface area contributed by atoms with Crippen molar-refractivity contribution in [3.8, 4) is 17.2 Å². The van der Waals surface area contributed by atoms with Crippen LogP contribution >= 0.6 is 0 Å². The molecule has 0 saturated heterocycles. The standard InChI is InChI=1S/C20H21NO8S/c1-21(13-19(22)29-15-6-4-14(5-7-15)20(23)26-2)30(24,25)16-8-9-17-18(12-16)28-11-3-10-27-17/h4-9,12H,3,10-11,13H2,1-2H3. The molecule has 2 aromatic rings. The van der Waals surface area contributed by atoms with Crippen LogP contribution < -0.4 is 14.2 Å². The third kappa shape index (κ3) is 4.89. The molecule has 0 amide bonds. The van der Waals surface area contributed by atoms with Crippen molar-refractivity contribution in [2.45, 2.75) is 11.3 Å². The molecule has 10 heteroatoms. The Kier molecular flexibility index (Phi) is 6.58. The van der Waals surface area contributed by atoms with Gasteiger partial charge in [0.15, 0.2) is 11.5 Å². The fraction of sp³-hybridized carbons (Fsp3) is 0.300. The van der Waals surface area contributed by atoms with Crippen LogP contribution in [0, 0.1) is 0 Å². The van der Waals surface area contributed by atoms with Crippen LogP contribution in [0.25, 0.3) is 0 Å². The molecule has 0 fully saturated rings. The van der Waals surface area contributed by atoms with Gasteiger partial charge in [-0.1, -0.05) is 0 Å². The minimum atomic E-state index is -3.96. The normalized spacial score (nSPS) is 13.4. The van der Waals surface area contributed by atoms with Gasteiger partial charge in [0.25, 0.3) is 0 Å². The molecule has 9 nitrogen and oxygen atoms in total. The molecule has 0 radical (unpaired) electrons. The first-order valence-corrected chi connectivity index (χ1v) is 10.5. The molecular weight excluding hydrogens is 414 g/mol. The Morgan fingerprint density at radius 1 is 1.03 bits per heavy atom. The zero-order chi connectivity index (χ0) is 21.7. The van der Waals surface area contributed by atoms with Gasteiger partial charge in [0.2, 0.25) is 10.0 Å². The maximum atomic E-state index is 12.8. The number of carbonyl (C=O) groups excluding carboxylic acids is 2. The number of sulfonamides is 1. The largest absolute Gasteiger partial charge is 0.490 e. The summed E-state index contributed by atoms with van der Waals surface area (Å²) in [4.78, 5) is 23.6. The lowest BCUT2D eigenvalue weighted by atomic mass is 10.2. The third-order valence-corrected chi connectivity index (χ3v) is 6.09. The van der Waals surface area contributed by atoms with Crippen molar-refractivity contribution in [3.05, 3.63) is 48.0 Å². The van der Waals surface area contributed by atoms with Crippen LogP contribution in [0.1, 0.15) is 16.8 Å². The predicted octanol–water partition coefficient (Wildman–Crippen LogP) is 1.86. The number of carbonyl (C=O) groups is 2. The second-order valence-corrected chi connectivity index (χ2v) is 8.46. The minimum Gasteiger partial charge on any atom is -0.490 e. The van der Waals surface area contributed by atoms with Crippen molar-refractivity contribution < 1.29 is 37.0 Å². The molecule has 0 N–H and O–H groups in total. The summed E-state index contributed by atoms with van der Waals surface area (Å²) in [5.41, 5.74) is 0.298. The molecule has 1 aliphatic heterocycles. The molecule has 1 heterocycles. The molecular formula is C20H21NO8S. The number of methoxy groups -OCH3 is 1. The summed E-state index contributed by atoms with van der Waals surface area (Å²) in [5, 5.41) is 0. The number of benzene rings is 2. The number of esters is 2. The molecule has 0 spiro atoms. The number of hydrogen-bond acceptors (Lipinski definition) is 8. The van der Waals surface area contributed by atoms with E-state index in [-0.39, 0.29) is 10.6 Å². The third-order valence-electron chi connectivity index (χ3n) is 4.29. The molecule has 1 aliphatic rings. The smallest absolute Gasteiger partial charge is 0.337 e. The number of hydrogen-bond donors (Lipinski definition) is 0. The van der Waals surface area contributed by atoms with E-state index in [1.807, 2.05) is 0 Å². The highest BCUT2D eigenvalue weighted by Crippen LogP contribution is 2.32. The van der Waals surface area contributed by atoms with Gasteiger partial charge < -0.3 is 18.9 Å². The van der Waals surface area contributed by atoms with Crippen LogP contribution in [-0.2, 0) is 19.6 Å². The predicted molar refractivity (Wildman–Crippen MR) is 105 cm³/mol. The molecule has 0 bridgehead atoms. The van der Waals surface area contributed by atoms with E-state index in [0.717, 1.165) is 4.31 Å². The van der Waals surface area contributed by atoms with Gasteiger partial charge in [-0.15, -0.1) is 0 Å². The molecule has 0 aliphatic carbocycles. The van der Waals surface area contributed by atoms with Gasteiger partial charge in [0.1, 0.15) is 12.3 Å². The summed E-state index contributed by atoms with van der Waals surface area (Å²) in [6.07, 6.45) is 0.698. The van der Waals surface area contributed by atoms with Crippen molar-refractivity contribution in [2.24, 2.45) is 0 Å². The van der Waals surface area contributed by atoms with Gasteiger partial charge in [-0.3, -0.25) is 4.79 Å². The van der Waals surface area contributed by atoms with Gasteiger partial charge >= 0.3 is 11.9 Å². The molecule has 0 aromatic heterocycles. The van der Waals surface area contributed by atoms with E-state index in [1.165, 1.54) is 56.6 Å². The van der Waals surface area contributed by atoms with Crippen molar-refractivity contribution in [3.63, 3.8) is 0 Å². The topological polar surface area (TPSA) is 108 Å². The van der Waals surface area contributed by atoms with Gasteiger partial charge in [-0.2, -0.15) is 4.31 Å². The zero-order valence-electron chi connectivity index (χ0n) is 16.5. The lowest BCUT2D eigenvalue weighted by Crippen LogP contribution is -2.34. The number of fused-ring (bicyclic) bond motifs is 1. The Bertz CT molecular complexity index is 1030. The van der Waals surface area contributed by atoms with Crippen molar-refractivity contribution in [1.29, 1.82) is 0 Å². The second kappa shape index (κ2) is 9.14. The molecule has 160 valence electrons. The maximum absolute atomic E-state index is 12.8. The van der Waals surface area contributed by atoms with E-state index in [2.05, 4.69) is 4.74 Å². The van der Waals surface area contributed by atoms with Crippen LogP contribution in [-0.4, -0.2) is 58.6 Å². The highest BCUT2D eigenvalue weighted by atomic mass is 32.2. The highest BCUT2D eigenvalue weighted by Gasteiger charge is 2.26. The number of nitrogens with zero attached hydrogens (tertiary/aromatic N) is 1. The summed E-state index contributed by atoms with van der Waals surface area (Å²) < 4.78 is 47.3. The first-order chi connectivity index (χ1) is 14.3. The van der Waals surface area contributed by atoms with E-state index >= 15 is 0 Å². The Morgan fingerprint density at radius 3 is 2.37 bits per heavy atom. The van der Waals surface area contributed by atoms with Gasteiger partial charge in [-0.05, 0) is 36.4 Å². The monoisotopic (exact) mass is 435 g/mol. The summed E-state index contributed by atoms with van der Waals surface area (Å²) in [7, 11) is -1.42. The summed E-state index contributed by atoms with van der Waals surface area (Å²) in [6, 6.07) is 10.0. The molecule has 0 unspecified atom stereocenters. The minimum absolute atomic E-state index is 0.0236. The van der Waals surface area contributed by atoms with Crippen LogP contribution in [0.4, 0.5) is 0 Å². The zero-order valence-corrected chi connectivity index (χ0v) is 17.3. The first-order valence-electron chi connectivity index (χ1n) is 9.06. The number of rotatable bonds is 6. The van der Waals surface area contributed by atoms with E-state index in [0.29, 0.717) is 36.7 Å². The molecule has 0 atom stereocenters. The number of likely N-dealkylation sites (N-methyl/N-ethyl adjacent to an activating group) is 1. The fourth-order valence-corrected chi connectivity index (χ4v) is 3.82. The summed E-state index contributed by atoms with van der Waals surface area (Å²) in [5.74, 6) is -0.303. The van der Waals surface area contributed by atoms with Crippen LogP contribution in [0.15, 0.2) is 47.4 Å². The highest BCUT2D eigenvalue weighted by molar-refractivity contribution is 7.89. The molecule has 0 saturated carbocycles. The van der Waals surface area contributed by atoms with E-state index in [4.69, 9.17) is 14.2 Å². The van der Waals surface area contributed by atoms with Crippen molar-refractivity contribution >= 4 is 22.0 Å². The first kappa shape index (κ1) is 21.6. The van der Waals surface area contributed by atoms with Crippen molar-refractivity contribution in [1.82, 2.24) is 4.31 Å². The van der Waals surface area contributed by atoms with Crippen LogP contribution in [0.2, 0.25) is 0 Å². The van der Waals surface area contributed by atoms with Gasteiger partial charge in [0, 0.05) is 19.5 Å². The number of ether oxygens (including phenoxy) is 4. The van der Waals surface area contributed by atoms with Crippen LogP contribution in [0.5, 0.6) is 17.2 Å². The van der Waals surface area contributed by atoms with Gasteiger partial charge in [-0.25, -0.2) is 13.2 Å². The molecule has 2 aromatic carbocycles. The molecule has 3 rings (SSSR count). The average molecular weight is 435 g/mol. The average Bonchev–Trinajstić information content (AvgIpc) is 2.98. The Hall–Kier alpha value is -3.11. The van der Waals surface area contributed by atoms with Crippen molar-refractivity contribution in [2.75, 3.05) is 33.9 Å². The Balaban J connectivity index is 1.67. The summed E-state index contributed by atoms with van der Waals surface area (Å²) in [6.45, 7) is 0.411.